The maximum absolute atomic E-state index is 14.7. The maximum Gasteiger partial charge on any atom is 0.408 e. The number of carbonyl (C=O) groups is 3. The lowest BCUT2D eigenvalue weighted by molar-refractivity contribution is -0.148. The first-order valence-electron chi connectivity index (χ1n) is 15.0. The second-order valence-electron chi connectivity index (χ2n) is 13.5. The third kappa shape index (κ3) is 9.23. The lowest BCUT2D eigenvalue weighted by Gasteiger charge is -2.43. The summed E-state index contributed by atoms with van der Waals surface area (Å²) in [5, 5.41) is 15.8. The number of hydrogen-bond acceptors (Lipinski definition) is 5. The summed E-state index contributed by atoms with van der Waals surface area (Å²) in [6.45, 7) is 15.0. The molecule has 1 aliphatic rings. The minimum absolute atomic E-state index is 0.0601. The van der Waals surface area contributed by atoms with Crippen molar-refractivity contribution in [3.05, 3.63) is 64.7 Å². The van der Waals surface area contributed by atoms with Crippen molar-refractivity contribution in [2.45, 2.75) is 123 Å². The Kier molecular flexibility index (Phi) is 10.7. The van der Waals surface area contributed by atoms with Crippen molar-refractivity contribution < 1.29 is 24.2 Å². The molecule has 42 heavy (non-hydrogen) atoms. The molecule has 1 saturated carbocycles. The summed E-state index contributed by atoms with van der Waals surface area (Å²) in [6.07, 6.45) is 4.55. The van der Waals surface area contributed by atoms with Crippen molar-refractivity contribution in [2.24, 2.45) is 0 Å². The summed E-state index contributed by atoms with van der Waals surface area (Å²) in [6, 6.07) is 10.5. The van der Waals surface area contributed by atoms with Gasteiger partial charge in [-0.1, -0.05) is 49.6 Å². The number of aryl methyl sites for hydroxylation is 2. The minimum atomic E-state index is -1.03. The summed E-state index contributed by atoms with van der Waals surface area (Å²) in [7, 11) is 0. The van der Waals surface area contributed by atoms with Crippen LogP contribution < -0.4 is 10.6 Å². The summed E-state index contributed by atoms with van der Waals surface area (Å²) < 4.78 is 5.52. The Morgan fingerprint density at radius 2 is 1.55 bits per heavy atom. The predicted octanol–water partition coefficient (Wildman–Crippen LogP) is 6.26. The van der Waals surface area contributed by atoms with Crippen LogP contribution in [0.3, 0.4) is 0 Å². The van der Waals surface area contributed by atoms with Crippen LogP contribution in [0.1, 0.15) is 102 Å². The number of benzene rings is 2. The zero-order valence-corrected chi connectivity index (χ0v) is 26.5. The maximum atomic E-state index is 14.7. The highest BCUT2D eigenvalue weighted by atomic mass is 16.6. The standard InChI is InChI=1S/C34H49N3O5/c1-22-14-17-25(20-23(22)2)29(30(39)35-26-12-10-9-11-13-26)37(33(3,4)5)31(40)28(36-32(41)42-34(6,7)8)21-24-15-18-27(38)19-16-24/h14-20,26,28-29,38H,9-13,21H2,1-8H3,(H,35,39)(H,36,41). The molecule has 3 amide bonds. The molecule has 8 heteroatoms. The number of nitrogens with zero attached hydrogens (tertiary/aromatic N) is 1. The SMILES string of the molecule is Cc1ccc(C(C(=O)NC2CCCCC2)N(C(=O)C(Cc2ccc(O)cc2)NC(=O)OC(C)(C)C)C(C)(C)C)cc1C. The third-order valence-electron chi connectivity index (χ3n) is 7.63. The molecule has 2 aromatic carbocycles. The van der Waals surface area contributed by atoms with E-state index in [1.54, 1.807) is 49.9 Å². The zero-order chi connectivity index (χ0) is 31.2. The molecule has 0 spiro atoms. The van der Waals surface area contributed by atoms with Crippen LogP contribution in [0, 0.1) is 13.8 Å². The Hall–Kier alpha value is -3.55. The molecule has 1 aliphatic carbocycles. The van der Waals surface area contributed by atoms with Crippen LogP contribution in [-0.4, -0.2) is 51.1 Å². The quantitative estimate of drug-likeness (QED) is 0.342. The number of rotatable bonds is 8. The number of carbonyl (C=O) groups excluding carboxylic acids is 3. The van der Waals surface area contributed by atoms with Crippen molar-refractivity contribution in [3.8, 4) is 5.75 Å². The van der Waals surface area contributed by atoms with E-state index in [4.69, 9.17) is 4.74 Å². The molecule has 3 rings (SSSR count). The van der Waals surface area contributed by atoms with Gasteiger partial charge in [0.2, 0.25) is 11.8 Å². The molecule has 1 fully saturated rings. The van der Waals surface area contributed by atoms with Crippen molar-refractivity contribution in [3.63, 3.8) is 0 Å². The van der Waals surface area contributed by atoms with Crippen LogP contribution in [0.2, 0.25) is 0 Å². The Morgan fingerprint density at radius 3 is 2.10 bits per heavy atom. The van der Waals surface area contributed by atoms with Crippen LogP contribution in [-0.2, 0) is 20.7 Å². The smallest absolute Gasteiger partial charge is 0.408 e. The van der Waals surface area contributed by atoms with Gasteiger partial charge in [-0.3, -0.25) is 9.59 Å². The van der Waals surface area contributed by atoms with Gasteiger partial charge in [0.1, 0.15) is 23.4 Å². The Morgan fingerprint density at radius 1 is 0.929 bits per heavy atom. The minimum Gasteiger partial charge on any atom is -0.508 e. The van der Waals surface area contributed by atoms with Gasteiger partial charge in [-0.2, -0.15) is 0 Å². The molecular formula is C34H49N3O5. The summed E-state index contributed by atoms with van der Waals surface area (Å²) in [5.74, 6) is -0.523. The van der Waals surface area contributed by atoms with Crippen molar-refractivity contribution >= 4 is 17.9 Å². The van der Waals surface area contributed by atoms with Gasteiger partial charge in [-0.05, 0) is 103 Å². The molecular weight excluding hydrogens is 530 g/mol. The van der Waals surface area contributed by atoms with E-state index in [1.807, 2.05) is 52.8 Å². The lowest BCUT2D eigenvalue weighted by atomic mass is 9.91. The third-order valence-corrected chi connectivity index (χ3v) is 7.63. The fourth-order valence-electron chi connectivity index (χ4n) is 5.41. The van der Waals surface area contributed by atoms with E-state index in [2.05, 4.69) is 10.6 Å². The van der Waals surface area contributed by atoms with E-state index < -0.39 is 35.2 Å². The van der Waals surface area contributed by atoms with E-state index in [0.29, 0.717) is 0 Å². The molecule has 8 nitrogen and oxygen atoms in total. The number of phenolic OH excluding ortho intramolecular Hbond substituents is 1. The fourth-order valence-corrected chi connectivity index (χ4v) is 5.41. The Labute approximate surface area is 251 Å². The highest BCUT2D eigenvalue weighted by molar-refractivity contribution is 5.93. The Bertz CT molecular complexity index is 1240. The summed E-state index contributed by atoms with van der Waals surface area (Å²) in [4.78, 5) is 43.4. The van der Waals surface area contributed by atoms with Gasteiger partial charge in [0, 0.05) is 18.0 Å². The van der Waals surface area contributed by atoms with Crippen molar-refractivity contribution in [2.75, 3.05) is 0 Å². The van der Waals surface area contributed by atoms with E-state index in [9.17, 15) is 19.5 Å². The molecule has 2 unspecified atom stereocenters. The molecule has 0 aromatic heterocycles. The van der Waals surface area contributed by atoms with Crippen molar-refractivity contribution in [1.82, 2.24) is 15.5 Å². The van der Waals surface area contributed by atoms with Crippen LogP contribution in [0.15, 0.2) is 42.5 Å². The van der Waals surface area contributed by atoms with E-state index in [-0.39, 0.29) is 24.1 Å². The van der Waals surface area contributed by atoms with E-state index >= 15 is 0 Å². The number of phenols is 1. The highest BCUT2D eigenvalue weighted by Gasteiger charge is 2.42. The van der Waals surface area contributed by atoms with Crippen molar-refractivity contribution in [1.29, 1.82) is 0 Å². The van der Waals surface area contributed by atoms with Gasteiger partial charge in [-0.15, -0.1) is 0 Å². The molecule has 230 valence electrons. The van der Waals surface area contributed by atoms with Gasteiger partial charge in [0.15, 0.2) is 0 Å². The number of alkyl carbamates (subject to hydrolysis) is 1. The first-order chi connectivity index (χ1) is 19.5. The van der Waals surface area contributed by atoms with Gasteiger partial charge < -0.3 is 25.4 Å². The Balaban J connectivity index is 2.08. The van der Waals surface area contributed by atoms with E-state index in [0.717, 1.165) is 54.4 Å². The number of aromatic hydroxyl groups is 1. The topological polar surface area (TPSA) is 108 Å². The molecule has 2 aromatic rings. The van der Waals surface area contributed by atoms with Crippen LogP contribution in [0.4, 0.5) is 4.79 Å². The average molecular weight is 580 g/mol. The predicted molar refractivity (Wildman–Crippen MR) is 165 cm³/mol. The van der Waals surface area contributed by atoms with Gasteiger partial charge in [0.05, 0.1) is 0 Å². The molecule has 0 heterocycles. The fraction of sp³-hybridized carbons (Fsp3) is 0.559. The average Bonchev–Trinajstić information content (AvgIpc) is 2.88. The summed E-state index contributed by atoms with van der Waals surface area (Å²) >= 11 is 0. The van der Waals surface area contributed by atoms with Gasteiger partial charge >= 0.3 is 6.09 Å². The van der Waals surface area contributed by atoms with Gasteiger partial charge in [-0.25, -0.2) is 4.79 Å². The molecule has 0 saturated heterocycles. The molecule has 2 atom stereocenters. The van der Waals surface area contributed by atoms with Crippen LogP contribution in [0.25, 0.3) is 0 Å². The van der Waals surface area contributed by atoms with Crippen LogP contribution >= 0.6 is 0 Å². The molecule has 0 radical (unpaired) electrons. The zero-order valence-electron chi connectivity index (χ0n) is 26.5. The summed E-state index contributed by atoms with van der Waals surface area (Å²) in [5.41, 5.74) is 2.03. The van der Waals surface area contributed by atoms with E-state index in [1.165, 1.54) is 0 Å². The first-order valence-corrected chi connectivity index (χ1v) is 15.0. The lowest BCUT2D eigenvalue weighted by Crippen LogP contribution is -2.59. The number of nitrogens with one attached hydrogen (secondary N) is 2. The number of hydrogen-bond donors (Lipinski definition) is 3. The monoisotopic (exact) mass is 579 g/mol. The molecule has 0 bridgehead atoms. The van der Waals surface area contributed by atoms with Crippen LogP contribution in [0.5, 0.6) is 5.75 Å². The molecule has 0 aliphatic heterocycles. The second-order valence-corrected chi connectivity index (χ2v) is 13.5. The largest absolute Gasteiger partial charge is 0.508 e. The first kappa shape index (κ1) is 33.0. The number of amides is 3. The number of ether oxygens (including phenoxy) is 1. The second kappa shape index (κ2) is 13.6. The highest BCUT2D eigenvalue weighted by Crippen LogP contribution is 2.32. The van der Waals surface area contributed by atoms with Gasteiger partial charge in [0.25, 0.3) is 0 Å². The molecule has 3 N–H and O–H groups in total. The normalized spacial score (nSPS) is 15.8.